The van der Waals surface area contributed by atoms with Crippen LogP contribution >= 0.6 is 0 Å². The molecule has 0 spiro atoms. The fourth-order valence-electron chi connectivity index (χ4n) is 2.15. The SMILES string of the molecule is CCOC(=O)C1=C[C@@H](OC)[C@H](NC(C)=O)[C@@H](OC)C1. The number of rotatable bonds is 5. The maximum atomic E-state index is 11.8. The Balaban J connectivity index is 2.92. The lowest BCUT2D eigenvalue weighted by Crippen LogP contribution is -2.53. The zero-order chi connectivity index (χ0) is 14.4. The van der Waals surface area contributed by atoms with E-state index in [1.807, 2.05) is 0 Å². The lowest BCUT2D eigenvalue weighted by Gasteiger charge is -2.35. The summed E-state index contributed by atoms with van der Waals surface area (Å²) in [5.74, 6) is -0.532. The summed E-state index contributed by atoms with van der Waals surface area (Å²) in [6, 6.07) is -0.314. The van der Waals surface area contributed by atoms with Crippen LogP contribution in [0, 0.1) is 0 Å². The summed E-state index contributed by atoms with van der Waals surface area (Å²) in [4.78, 5) is 23.0. The highest BCUT2D eigenvalue weighted by molar-refractivity contribution is 5.89. The first-order valence-electron chi connectivity index (χ1n) is 6.24. The highest BCUT2D eigenvalue weighted by Crippen LogP contribution is 2.24. The molecule has 1 rings (SSSR count). The molecule has 0 bridgehead atoms. The smallest absolute Gasteiger partial charge is 0.333 e. The average Bonchev–Trinajstić information content (AvgIpc) is 2.38. The Morgan fingerprint density at radius 2 is 2.05 bits per heavy atom. The van der Waals surface area contributed by atoms with Gasteiger partial charge in [0.2, 0.25) is 5.91 Å². The Kier molecular flexibility index (Phi) is 5.98. The van der Waals surface area contributed by atoms with Crippen molar-refractivity contribution in [1.29, 1.82) is 0 Å². The molecule has 0 saturated carbocycles. The molecule has 1 aliphatic rings. The van der Waals surface area contributed by atoms with Crippen molar-refractivity contribution >= 4 is 11.9 Å². The summed E-state index contributed by atoms with van der Waals surface area (Å²) >= 11 is 0. The summed E-state index contributed by atoms with van der Waals surface area (Å²) in [5, 5.41) is 2.79. The molecule has 1 aliphatic carbocycles. The van der Waals surface area contributed by atoms with E-state index in [1.54, 1.807) is 20.1 Å². The molecule has 1 amide bonds. The van der Waals surface area contributed by atoms with Crippen LogP contribution in [0.4, 0.5) is 0 Å². The van der Waals surface area contributed by atoms with Crippen LogP contribution in [-0.4, -0.2) is 51.0 Å². The molecule has 0 aromatic rings. The Hall–Kier alpha value is -1.40. The van der Waals surface area contributed by atoms with Gasteiger partial charge in [0.15, 0.2) is 0 Å². The molecule has 3 atom stereocenters. The van der Waals surface area contributed by atoms with E-state index >= 15 is 0 Å². The van der Waals surface area contributed by atoms with Gasteiger partial charge in [-0.3, -0.25) is 4.79 Å². The van der Waals surface area contributed by atoms with Gasteiger partial charge in [-0.2, -0.15) is 0 Å². The summed E-state index contributed by atoms with van der Waals surface area (Å²) < 4.78 is 15.6. The van der Waals surface area contributed by atoms with Crippen molar-refractivity contribution in [2.45, 2.75) is 38.5 Å². The molecule has 6 heteroatoms. The van der Waals surface area contributed by atoms with Gasteiger partial charge in [-0.05, 0) is 13.0 Å². The fourth-order valence-corrected chi connectivity index (χ4v) is 2.15. The van der Waals surface area contributed by atoms with Crippen LogP contribution in [0.3, 0.4) is 0 Å². The minimum atomic E-state index is -0.415. The lowest BCUT2D eigenvalue weighted by atomic mass is 9.89. The van der Waals surface area contributed by atoms with Gasteiger partial charge in [0, 0.05) is 33.1 Å². The number of carbonyl (C=O) groups excluding carboxylic acids is 2. The van der Waals surface area contributed by atoms with E-state index < -0.39 is 6.10 Å². The first kappa shape index (κ1) is 15.7. The van der Waals surface area contributed by atoms with Crippen LogP contribution < -0.4 is 5.32 Å². The fraction of sp³-hybridized carbons (Fsp3) is 0.692. The number of amides is 1. The molecule has 0 aromatic heterocycles. The highest BCUT2D eigenvalue weighted by Gasteiger charge is 2.36. The van der Waals surface area contributed by atoms with Crippen molar-refractivity contribution in [2.75, 3.05) is 20.8 Å². The van der Waals surface area contributed by atoms with Crippen LogP contribution in [0.15, 0.2) is 11.6 Å². The van der Waals surface area contributed by atoms with Crippen molar-refractivity contribution in [1.82, 2.24) is 5.32 Å². The number of hydrogen-bond acceptors (Lipinski definition) is 5. The first-order valence-corrected chi connectivity index (χ1v) is 6.24. The second kappa shape index (κ2) is 7.25. The van der Waals surface area contributed by atoms with E-state index in [0.717, 1.165) is 0 Å². The topological polar surface area (TPSA) is 73.9 Å². The maximum Gasteiger partial charge on any atom is 0.333 e. The lowest BCUT2D eigenvalue weighted by molar-refractivity contribution is -0.139. The van der Waals surface area contributed by atoms with Crippen molar-refractivity contribution in [3.05, 3.63) is 11.6 Å². The molecule has 0 saturated heterocycles. The van der Waals surface area contributed by atoms with Gasteiger partial charge in [0.05, 0.1) is 24.9 Å². The van der Waals surface area contributed by atoms with Gasteiger partial charge >= 0.3 is 5.97 Å². The van der Waals surface area contributed by atoms with Crippen LogP contribution in [0.2, 0.25) is 0 Å². The highest BCUT2D eigenvalue weighted by atomic mass is 16.5. The van der Waals surface area contributed by atoms with Crippen LogP contribution in [0.1, 0.15) is 20.3 Å². The zero-order valence-electron chi connectivity index (χ0n) is 11.8. The molecule has 0 aliphatic heterocycles. The van der Waals surface area contributed by atoms with Gasteiger partial charge in [-0.15, -0.1) is 0 Å². The van der Waals surface area contributed by atoms with Crippen LogP contribution in [-0.2, 0) is 23.8 Å². The Morgan fingerprint density at radius 1 is 1.37 bits per heavy atom. The third kappa shape index (κ3) is 4.04. The molecule has 0 aromatic carbocycles. The van der Waals surface area contributed by atoms with Gasteiger partial charge in [0.1, 0.15) is 0 Å². The number of ether oxygens (including phenoxy) is 3. The molecular weight excluding hydrogens is 250 g/mol. The summed E-state index contributed by atoms with van der Waals surface area (Å²) in [5.41, 5.74) is 0.516. The van der Waals surface area contributed by atoms with Crippen LogP contribution in [0.5, 0.6) is 0 Å². The molecule has 1 N–H and O–H groups in total. The number of esters is 1. The van der Waals surface area contributed by atoms with E-state index in [4.69, 9.17) is 14.2 Å². The van der Waals surface area contributed by atoms with Gasteiger partial charge in [0.25, 0.3) is 0 Å². The first-order chi connectivity index (χ1) is 9.03. The van der Waals surface area contributed by atoms with Crippen LogP contribution in [0.25, 0.3) is 0 Å². The number of methoxy groups -OCH3 is 2. The molecule has 6 nitrogen and oxygen atoms in total. The van der Waals surface area contributed by atoms with E-state index in [2.05, 4.69) is 5.32 Å². The maximum absolute atomic E-state index is 11.8. The van der Waals surface area contributed by atoms with E-state index in [0.29, 0.717) is 18.6 Å². The second-order valence-electron chi connectivity index (χ2n) is 4.32. The largest absolute Gasteiger partial charge is 0.463 e. The standard InChI is InChI=1S/C13H21NO5/c1-5-19-13(16)9-6-10(17-3)12(14-8(2)15)11(7-9)18-4/h6,10-12H,5,7H2,1-4H3,(H,14,15)/t10-,11+,12+/m1/s1. The number of hydrogen-bond donors (Lipinski definition) is 1. The molecule has 0 radical (unpaired) electrons. The number of nitrogens with one attached hydrogen (secondary N) is 1. The van der Waals surface area contributed by atoms with Gasteiger partial charge < -0.3 is 19.5 Å². The Morgan fingerprint density at radius 3 is 2.53 bits per heavy atom. The van der Waals surface area contributed by atoms with Crippen molar-refractivity contribution < 1.29 is 23.8 Å². The minimum Gasteiger partial charge on any atom is -0.463 e. The Bertz CT molecular complexity index is 366. The number of carbonyl (C=O) groups is 2. The van der Waals surface area contributed by atoms with E-state index in [1.165, 1.54) is 14.0 Å². The molecule has 19 heavy (non-hydrogen) atoms. The summed E-state index contributed by atoms with van der Waals surface area (Å²) in [6.45, 7) is 3.51. The van der Waals surface area contributed by atoms with Gasteiger partial charge in [-0.25, -0.2) is 4.79 Å². The molecule has 0 unspecified atom stereocenters. The monoisotopic (exact) mass is 271 g/mol. The van der Waals surface area contributed by atoms with E-state index in [-0.39, 0.29) is 24.0 Å². The quantitative estimate of drug-likeness (QED) is 0.733. The zero-order valence-corrected chi connectivity index (χ0v) is 11.8. The van der Waals surface area contributed by atoms with Crippen molar-refractivity contribution in [2.24, 2.45) is 0 Å². The predicted molar refractivity (Wildman–Crippen MR) is 68.5 cm³/mol. The Labute approximate surface area is 113 Å². The molecular formula is C13H21NO5. The third-order valence-electron chi connectivity index (χ3n) is 3.02. The third-order valence-corrected chi connectivity index (χ3v) is 3.02. The normalized spacial score (nSPS) is 26.5. The second-order valence-corrected chi connectivity index (χ2v) is 4.32. The van der Waals surface area contributed by atoms with E-state index in [9.17, 15) is 9.59 Å². The molecule has 0 fully saturated rings. The predicted octanol–water partition coefficient (Wildman–Crippen LogP) is 0.414. The average molecular weight is 271 g/mol. The van der Waals surface area contributed by atoms with Crippen molar-refractivity contribution in [3.8, 4) is 0 Å². The summed E-state index contributed by atoms with van der Waals surface area (Å²) in [6.07, 6.45) is 1.34. The van der Waals surface area contributed by atoms with Gasteiger partial charge in [-0.1, -0.05) is 0 Å². The minimum absolute atomic E-state index is 0.165. The summed E-state index contributed by atoms with van der Waals surface area (Å²) in [7, 11) is 3.07. The molecule has 108 valence electrons. The van der Waals surface area contributed by atoms with Crippen molar-refractivity contribution in [3.63, 3.8) is 0 Å². The molecule has 0 heterocycles.